The second-order valence-corrected chi connectivity index (χ2v) is 2.00. The highest BCUT2D eigenvalue weighted by molar-refractivity contribution is 6.45. The number of terminal acetylenes is 1. The lowest BCUT2D eigenvalue weighted by Crippen LogP contribution is -2.11. The van der Waals surface area contributed by atoms with E-state index in [9.17, 15) is 0 Å². The van der Waals surface area contributed by atoms with E-state index in [1.54, 1.807) is 0 Å². The molecule has 48 valence electrons. The first-order valence-corrected chi connectivity index (χ1v) is 3.03. The summed E-state index contributed by atoms with van der Waals surface area (Å²) in [6.07, 6.45) is 5.13. The van der Waals surface area contributed by atoms with Crippen molar-refractivity contribution in [3.05, 3.63) is 29.8 Å². The van der Waals surface area contributed by atoms with E-state index in [4.69, 9.17) is 11.4 Å². The van der Waals surface area contributed by atoms with Crippen LogP contribution in [0.4, 0.5) is 0 Å². The fraction of sp³-hybridized carbons (Fsp3) is 0. The number of benzene rings is 1. The molecule has 0 saturated carbocycles. The standard InChI is InChI=1S/C8H7BO/c1-2-7-3-5-8(9-10)6-4-7/h1,3-6,9-10H. The van der Waals surface area contributed by atoms with Crippen molar-refractivity contribution < 1.29 is 5.02 Å². The second kappa shape index (κ2) is 3.10. The molecule has 0 heterocycles. The second-order valence-electron chi connectivity index (χ2n) is 2.00. The quantitative estimate of drug-likeness (QED) is 0.406. The highest BCUT2D eigenvalue weighted by Crippen LogP contribution is 1.91. The summed E-state index contributed by atoms with van der Waals surface area (Å²) in [5.74, 6) is 2.50. The normalized spacial score (nSPS) is 8.40. The molecule has 0 amide bonds. The van der Waals surface area contributed by atoms with E-state index in [2.05, 4.69) is 5.92 Å². The van der Waals surface area contributed by atoms with E-state index in [0.717, 1.165) is 11.0 Å². The molecule has 0 radical (unpaired) electrons. The minimum atomic E-state index is 0.0743. The molecule has 0 aliphatic carbocycles. The minimum absolute atomic E-state index is 0.0743. The Balaban J connectivity index is 2.93. The zero-order valence-corrected chi connectivity index (χ0v) is 5.54. The van der Waals surface area contributed by atoms with Crippen LogP contribution in [0, 0.1) is 12.3 Å². The van der Waals surface area contributed by atoms with Crippen molar-refractivity contribution in [1.82, 2.24) is 0 Å². The molecule has 0 aliphatic heterocycles. The average Bonchev–Trinajstić information content (AvgIpc) is 2.05. The van der Waals surface area contributed by atoms with Crippen LogP contribution in [0.5, 0.6) is 0 Å². The molecule has 0 bridgehead atoms. The van der Waals surface area contributed by atoms with Crippen molar-refractivity contribution in [3.8, 4) is 12.3 Å². The van der Waals surface area contributed by atoms with Crippen LogP contribution in [0.15, 0.2) is 24.3 Å². The lowest BCUT2D eigenvalue weighted by molar-refractivity contribution is 0.615. The Kier molecular flexibility index (Phi) is 2.14. The average molecular weight is 130 g/mol. The Labute approximate surface area is 61.0 Å². The van der Waals surface area contributed by atoms with Crippen molar-refractivity contribution >= 4 is 12.9 Å². The molecule has 0 atom stereocenters. The fourth-order valence-electron chi connectivity index (χ4n) is 0.706. The SMILES string of the molecule is C#Cc1ccc(BO)cc1. The largest absolute Gasteiger partial charge is 0.449 e. The first kappa shape index (κ1) is 6.92. The third kappa shape index (κ3) is 1.40. The summed E-state index contributed by atoms with van der Waals surface area (Å²) in [4.78, 5) is 0. The third-order valence-corrected chi connectivity index (χ3v) is 1.30. The van der Waals surface area contributed by atoms with Gasteiger partial charge in [-0.25, -0.2) is 0 Å². The van der Waals surface area contributed by atoms with Gasteiger partial charge < -0.3 is 5.02 Å². The van der Waals surface area contributed by atoms with E-state index >= 15 is 0 Å². The van der Waals surface area contributed by atoms with Crippen LogP contribution in [0.2, 0.25) is 0 Å². The summed E-state index contributed by atoms with van der Waals surface area (Å²) in [6.45, 7) is 0. The van der Waals surface area contributed by atoms with Gasteiger partial charge in [-0.2, -0.15) is 0 Å². The highest BCUT2D eigenvalue weighted by Gasteiger charge is 1.90. The van der Waals surface area contributed by atoms with Crippen molar-refractivity contribution in [1.29, 1.82) is 0 Å². The van der Waals surface area contributed by atoms with Crippen molar-refractivity contribution in [2.24, 2.45) is 0 Å². The molecule has 0 aromatic heterocycles. The van der Waals surface area contributed by atoms with Gasteiger partial charge >= 0.3 is 7.48 Å². The molecule has 0 unspecified atom stereocenters. The first-order chi connectivity index (χ1) is 4.86. The molecule has 0 spiro atoms. The summed E-state index contributed by atoms with van der Waals surface area (Å²) in [7, 11) is 0.0743. The summed E-state index contributed by atoms with van der Waals surface area (Å²) in [5.41, 5.74) is 1.73. The molecule has 2 heteroatoms. The van der Waals surface area contributed by atoms with Crippen molar-refractivity contribution in [2.75, 3.05) is 0 Å². The Morgan fingerprint density at radius 1 is 1.30 bits per heavy atom. The maximum Gasteiger partial charge on any atom is 0.304 e. The maximum atomic E-state index is 8.65. The number of rotatable bonds is 1. The minimum Gasteiger partial charge on any atom is -0.449 e. The zero-order chi connectivity index (χ0) is 7.40. The molecule has 1 aromatic carbocycles. The van der Waals surface area contributed by atoms with Crippen molar-refractivity contribution in [2.45, 2.75) is 0 Å². The molecule has 10 heavy (non-hydrogen) atoms. The van der Waals surface area contributed by atoms with Crippen LogP contribution in [0.25, 0.3) is 0 Å². The number of hydrogen-bond acceptors (Lipinski definition) is 1. The summed E-state index contributed by atoms with van der Waals surface area (Å²) < 4.78 is 0. The molecule has 0 fully saturated rings. The fourth-order valence-corrected chi connectivity index (χ4v) is 0.706. The molecular weight excluding hydrogens is 123 g/mol. The summed E-state index contributed by atoms with van der Waals surface area (Å²) in [6, 6.07) is 7.25. The van der Waals surface area contributed by atoms with Gasteiger partial charge in [0, 0.05) is 5.56 Å². The Morgan fingerprint density at radius 3 is 2.30 bits per heavy atom. The van der Waals surface area contributed by atoms with E-state index in [1.165, 1.54) is 0 Å². The molecule has 1 N–H and O–H groups in total. The topological polar surface area (TPSA) is 20.2 Å². The third-order valence-electron chi connectivity index (χ3n) is 1.30. The van der Waals surface area contributed by atoms with Gasteiger partial charge in [0.2, 0.25) is 0 Å². The van der Waals surface area contributed by atoms with Crippen molar-refractivity contribution in [3.63, 3.8) is 0 Å². The van der Waals surface area contributed by atoms with Gasteiger partial charge in [0.05, 0.1) is 0 Å². The van der Waals surface area contributed by atoms with Gasteiger partial charge in [0.15, 0.2) is 0 Å². The van der Waals surface area contributed by atoms with Crippen LogP contribution in [0.3, 0.4) is 0 Å². The summed E-state index contributed by atoms with van der Waals surface area (Å²) in [5, 5.41) is 8.65. The van der Waals surface area contributed by atoms with Gasteiger partial charge in [-0.3, -0.25) is 0 Å². The maximum absolute atomic E-state index is 8.65. The Morgan fingerprint density at radius 2 is 1.90 bits per heavy atom. The van der Waals surface area contributed by atoms with Gasteiger partial charge in [0.1, 0.15) is 0 Å². The van der Waals surface area contributed by atoms with E-state index in [1.807, 2.05) is 24.3 Å². The van der Waals surface area contributed by atoms with Gasteiger partial charge in [-0.15, -0.1) is 6.42 Å². The molecule has 0 saturated heterocycles. The van der Waals surface area contributed by atoms with Crippen LogP contribution < -0.4 is 5.46 Å². The monoisotopic (exact) mass is 130 g/mol. The lowest BCUT2D eigenvalue weighted by Gasteiger charge is -1.92. The van der Waals surface area contributed by atoms with Crippen LogP contribution in [0.1, 0.15) is 5.56 Å². The van der Waals surface area contributed by atoms with E-state index in [-0.39, 0.29) is 7.48 Å². The first-order valence-electron chi connectivity index (χ1n) is 3.03. The predicted octanol–water partition coefficient (Wildman–Crippen LogP) is -0.363. The number of hydrogen-bond donors (Lipinski definition) is 1. The molecule has 1 aromatic rings. The Hall–Kier alpha value is -1.20. The van der Waals surface area contributed by atoms with Gasteiger partial charge in [-0.1, -0.05) is 23.5 Å². The lowest BCUT2D eigenvalue weighted by atomic mass is 9.88. The van der Waals surface area contributed by atoms with Crippen LogP contribution in [-0.4, -0.2) is 12.5 Å². The van der Waals surface area contributed by atoms with E-state index < -0.39 is 0 Å². The van der Waals surface area contributed by atoms with Crippen LogP contribution in [-0.2, 0) is 0 Å². The van der Waals surface area contributed by atoms with Gasteiger partial charge in [0.25, 0.3) is 0 Å². The molecular formula is C8H7BO. The Bertz CT molecular complexity index is 245. The molecule has 1 rings (SSSR count). The zero-order valence-electron chi connectivity index (χ0n) is 5.54. The van der Waals surface area contributed by atoms with Crippen LogP contribution >= 0.6 is 0 Å². The smallest absolute Gasteiger partial charge is 0.304 e. The molecule has 1 nitrogen and oxygen atoms in total. The molecule has 0 aliphatic rings. The van der Waals surface area contributed by atoms with Gasteiger partial charge in [-0.05, 0) is 12.1 Å². The summed E-state index contributed by atoms with van der Waals surface area (Å²) >= 11 is 0. The highest BCUT2D eigenvalue weighted by atomic mass is 16.2. The van der Waals surface area contributed by atoms with E-state index in [0.29, 0.717) is 0 Å². The predicted molar refractivity (Wildman–Crippen MR) is 43.4 cm³/mol.